The lowest BCUT2D eigenvalue weighted by Crippen LogP contribution is -2.53. The number of hydrogen-bond donors (Lipinski definition) is 1. The predicted molar refractivity (Wildman–Crippen MR) is 104 cm³/mol. The summed E-state index contributed by atoms with van der Waals surface area (Å²) in [6.45, 7) is 9.13. The molecule has 1 heterocycles. The van der Waals surface area contributed by atoms with E-state index in [1.807, 2.05) is 62.9 Å². The first-order valence-corrected chi connectivity index (χ1v) is 9.31. The third kappa shape index (κ3) is 5.54. The molecule has 1 N–H and O–H groups in total. The Balaban J connectivity index is 1.96. The minimum atomic E-state index is -0.273. The van der Waals surface area contributed by atoms with Crippen molar-refractivity contribution in [3.8, 4) is 0 Å². The van der Waals surface area contributed by atoms with Crippen LogP contribution < -0.4 is 5.32 Å². The summed E-state index contributed by atoms with van der Waals surface area (Å²) < 4.78 is 0. The number of amides is 2. The number of nitrogens with one attached hydrogen (secondary N) is 1. The van der Waals surface area contributed by atoms with Crippen LogP contribution in [-0.4, -0.2) is 79.4 Å². The van der Waals surface area contributed by atoms with Gasteiger partial charge in [-0.05, 0) is 40.4 Å². The Morgan fingerprint density at radius 1 is 1.15 bits per heavy atom. The van der Waals surface area contributed by atoms with Crippen LogP contribution in [0, 0.1) is 6.92 Å². The van der Waals surface area contributed by atoms with Gasteiger partial charge in [-0.2, -0.15) is 0 Å². The van der Waals surface area contributed by atoms with Gasteiger partial charge in [0.05, 0.1) is 6.54 Å². The van der Waals surface area contributed by atoms with Crippen LogP contribution in [-0.2, 0) is 9.59 Å². The normalized spacial score (nSPS) is 16.8. The Morgan fingerprint density at radius 3 is 2.35 bits per heavy atom. The highest BCUT2D eigenvalue weighted by Gasteiger charge is 2.30. The van der Waals surface area contributed by atoms with Crippen LogP contribution in [0.15, 0.2) is 24.3 Å². The molecular weight excluding hydrogens is 328 g/mol. The van der Waals surface area contributed by atoms with Crippen molar-refractivity contribution >= 4 is 11.8 Å². The fourth-order valence-electron chi connectivity index (χ4n) is 3.37. The molecule has 0 saturated carbocycles. The Kier molecular flexibility index (Phi) is 7.17. The van der Waals surface area contributed by atoms with E-state index >= 15 is 0 Å². The summed E-state index contributed by atoms with van der Waals surface area (Å²) in [5.74, 6) is 0.178. The first kappa shape index (κ1) is 20.4. The molecule has 2 rings (SSSR count). The van der Waals surface area contributed by atoms with E-state index in [1.165, 1.54) is 0 Å². The van der Waals surface area contributed by atoms with Gasteiger partial charge in [0, 0.05) is 32.2 Å². The quantitative estimate of drug-likeness (QED) is 0.830. The molecule has 1 aliphatic heterocycles. The highest BCUT2D eigenvalue weighted by Crippen LogP contribution is 2.22. The minimum Gasteiger partial charge on any atom is -0.353 e. The van der Waals surface area contributed by atoms with Crippen LogP contribution in [0.3, 0.4) is 0 Å². The standard InChI is InChI=1S/C20H32N4O2/c1-15(2)21-18(25)14-23-9-11-24(12-10-23)20(26)19(22(4)5)17-8-6-7-16(3)13-17/h6-8,13,15,19H,9-12,14H2,1-5H3,(H,21,25)/t19-/m0/s1. The number of nitrogens with zero attached hydrogens (tertiary/aromatic N) is 3. The third-order valence-electron chi connectivity index (χ3n) is 4.61. The molecule has 6 nitrogen and oxygen atoms in total. The third-order valence-corrected chi connectivity index (χ3v) is 4.61. The second kappa shape index (κ2) is 9.14. The lowest BCUT2D eigenvalue weighted by molar-refractivity contribution is -0.138. The molecule has 0 unspecified atom stereocenters. The number of likely N-dealkylation sites (N-methyl/N-ethyl adjacent to an activating group) is 1. The molecule has 0 aliphatic carbocycles. The Bertz CT molecular complexity index is 622. The summed E-state index contributed by atoms with van der Waals surface area (Å²) in [7, 11) is 3.88. The van der Waals surface area contributed by atoms with E-state index in [2.05, 4.69) is 16.3 Å². The van der Waals surface area contributed by atoms with Crippen LogP contribution in [0.4, 0.5) is 0 Å². The van der Waals surface area contributed by atoms with E-state index in [0.29, 0.717) is 19.6 Å². The van der Waals surface area contributed by atoms with Gasteiger partial charge in [-0.1, -0.05) is 29.8 Å². The summed E-state index contributed by atoms with van der Waals surface area (Å²) in [6.07, 6.45) is 0. The molecule has 0 bridgehead atoms. The summed E-state index contributed by atoms with van der Waals surface area (Å²) in [5.41, 5.74) is 2.18. The molecule has 1 aliphatic rings. The lowest BCUT2D eigenvalue weighted by atomic mass is 10.0. The lowest BCUT2D eigenvalue weighted by Gasteiger charge is -2.37. The van der Waals surface area contributed by atoms with Crippen molar-refractivity contribution in [3.63, 3.8) is 0 Å². The maximum atomic E-state index is 13.1. The molecule has 0 spiro atoms. The molecule has 0 radical (unpaired) electrons. The topological polar surface area (TPSA) is 55.9 Å². The molecule has 2 amide bonds. The van der Waals surface area contributed by atoms with Gasteiger partial charge in [0.25, 0.3) is 0 Å². The highest BCUT2D eigenvalue weighted by atomic mass is 16.2. The second-order valence-corrected chi connectivity index (χ2v) is 7.60. The number of benzene rings is 1. The molecule has 0 aromatic heterocycles. The zero-order valence-electron chi connectivity index (χ0n) is 16.7. The minimum absolute atomic E-state index is 0.0469. The van der Waals surface area contributed by atoms with Crippen molar-refractivity contribution in [1.82, 2.24) is 20.0 Å². The number of carbonyl (C=O) groups is 2. The van der Waals surface area contributed by atoms with Gasteiger partial charge >= 0.3 is 0 Å². The van der Waals surface area contributed by atoms with E-state index in [9.17, 15) is 9.59 Å². The molecule has 26 heavy (non-hydrogen) atoms. The molecule has 1 aromatic carbocycles. The van der Waals surface area contributed by atoms with E-state index in [1.54, 1.807) is 0 Å². The Morgan fingerprint density at radius 2 is 1.81 bits per heavy atom. The van der Waals surface area contributed by atoms with E-state index in [0.717, 1.165) is 24.2 Å². The first-order chi connectivity index (χ1) is 12.3. The van der Waals surface area contributed by atoms with Crippen molar-refractivity contribution in [1.29, 1.82) is 0 Å². The van der Waals surface area contributed by atoms with Crippen LogP contribution >= 0.6 is 0 Å². The van der Waals surface area contributed by atoms with Crippen molar-refractivity contribution in [3.05, 3.63) is 35.4 Å². The maximum absolute atomic E-state index is 13.1. The fourth-order valence-corrected chi connectivity index (χ4v) is 3.37. The molecule has 1 aromatic rings. The number of hydrogen-bond acceptors (Lipinski definition) is 4. The summed E-state index contributed by atoms with van der Waals surface area (Å²) >= 11 is 0. The second-order valence-electron chi connectivity index (χ2n) is 7.60. The van der Waals surface area contributed by atoms with Crippen LogP contribution in [0.25, 0.3) is 0 Å². The van der Waals surface area contributed by atoms with Crippen molar-refractivity contribution in [2.75, 3.05) is 46.8 Å². The van der Waals surface area contributed by atoms with Gasteiger partial charge in [0.15, 0.2) is 0 Å². The number of aryl methyl sites for hydroxylation is 1. The van der Waals surface area contributed by atoms with Gasteiger partial charge in [0.2, 0.25) is 11.8 Å². The molecule has 1 fully saturated rings. The Labute approximate surface area is 157 Å². The molecule has 1 atom stereocenters. The highest BCUT2D eigenvalue weighted by molar-refractivity contribution is 5.83. The monoisotopic (exact) mass is 360 g/mol. The zero-order chi connectivity index (χ0) is 19.3. The van der Waals surface area contributed by atoms with Crippen molar-refractivity contribution < 1.29 is 9.59 Å². The van der Waals surface area contributed by atoms with Crippen molar-refractivity contribution in [2.45, 2.75) is 32.9 Å². The molecule has 1 saturated heterocycles. The van der Waals surface area contributed by atoms with Gasteiger partial charge in [0.1, 0.15) is 6.04 Å². The molecular formula is C20H32N4O2. The smallest absolute Gasteiger partial charge is 0.244 e. The number of carbonyl (C=O) groups excluding carboxylic acids is 2. The first-order valence-electron chi connectivity index (χ1n) is 9.31. The average Bonchev–Trinajstić information content (AvgIpc) is 2.54. The molecule has 144 valence electrons. The Hall–Kier alpha value is -1.92. The van der Waals surface area contributed by atoms with Crippen LogP contribution in [0.2, 0.25) is 0 Å². The molecule has 6 heteroatoms. The average molecular weight is 361 g/mol. The van der Waals surface area contributed by atoms with Crippen LogP contribution in [0.1, 0.15) is 31.0 Å². The number of piperazine rings is 1. The van der Waals surface area contributed by atoms with E-state index in [4.69, 9.17) is 0 Å². The van der Waals surface area contributed by atoms with Crippen LogP contribution in [0.5, 0.6) is 0 Å². The zero-order valence-corrected chi connectivity index (χ0v) is 16.7. The van der Waals surface area contributed by atoms with E-state index in [-0.39, 0.29) is 23.9 Å². The van der Waals surface area contributed by atoms with Gasteiger partial charge in [-0.25, -0.2) is 0 Å². The maximum Gasteiger partial charge on any atom is 0.244 e. The van der Waals surface area contributed by atoms with Gasteiger partial charge < -0.3 is 10.2 Å². The summed E-state index contributed by atoms with van der Waals surface area (Å²) in [6, 6.07) is 8.02. The predicted octanol–water partition coefficient (Wildman–Crippen LogP) is 1.27. The largest absolute Gasteiger partial charge is 0.353 e. The summed E-state index contributed by atoms with van der Waals surface area (Å²) in [5, 5.41) is 2.92. The van der Waals surface area contributed by atoms with Crippen molar-refractivity contribution in [2.24, 2.45) is 0 Å². The fraction of sp³-hybridized carbons (Fsp3) is 0.600. The van der Waals surface area contributed by atoms with Gasteiger partial charge in [-0.3, -0.25) is 19.4 Å². The SMILES string of the molecule is Cc1cccc([C@@H](C(=O)N2CCN(CC(=O)NC(C)C)CC2)N(C)C)c1. The number of rotatable bonds is 6. The van der Waals surface area contributed by atoms with E-state index < -0.39 is 0 Å². The van der Waals surface area contributed by atoms with Gasteiger partial charge in [-0.15, -0.1) is 0 Å². The summed E-state index contributed by atoms with van der Waals surface area (Å²) in [4.78, 5) is 31.0.